The second-order valence-electron chi connectivity index (χ2n) is 5.60. The Labute approximate surface area is 150 Å². The third-order valence-electron chi connectivity index (χ3n) is 3.79. The molecular formula is C19H17N3O4. The van der Waals surface area contributed by atoms with E-state index in [0.29, 0.717) is 5.82 Å². The number of amides is 2. The van der Waals surface area contributed by atoms with E-state index in [4.69, 9.17) is 4.74 Å². The SMILES string of the molecule is CCOC(=O)C(=CNc1cc(C)ccn1)N1C(=O)c2ccccc2C1=O. The highest BCUT2D eigenvalue weighted by molar-refractivity contribution is 6.24. The average molecular weight is 351 g/mol. The number of benzene rings is 1. The molecule has 7 nitrogen and oxygen atoms in total. The highest BCUT2D eigenvalue weighted by atomic mass is 16.5. The third kappa shape index (κ3) is 3.19. The fourth-order valence-electron chi connectivity index (χ4n) is 2.59. The molecule has 1 aromatic carbocycles. The number of carbonyl (C=O) groups excluding carboxylic acids is 3. The molecule has 0 saturated heterocycles. The van der Waals surface area contributed by atoms with E-state index in [1.54, 1.807) is 43.5 Å². The summed E-state index contributed by atoms with van der Waals surface area (Å²) in [6.45, 7) is 3.66. The van der Waals surface area contributed by atoms with Crippen LogP contribution in [0.1, 0.15) is 33.2 Å². The van der Waals surface area contributed by atoms with Crippen molar-refractivity contribution in [3.8, 4) is 0 Å². The van der Waals surface area contributed by atoms with Crippen molar-refractivity contribution in [3.05, 3.63) is 71.2 Å². The number of pyridine rings is 1. The van der Waals surface area contributed by atoms with Gasteiger partial charge in [-0.25, -0.2) is 14.7 Å². The summed E-state index contributed by atoms with van der Waals surface area (Å²) >= 11 is 0. The number of esters is 1. The Morgan fingerprint density at radius 3 is 2.42 bits per heavy atom. The first-order chi connectivity index (χ1) is 12.5. The molecule has 1 N–H and O–H groups in total. The van der Waals surface area contributed by atoms with Crippen molar-refractivity contribution in [2.75, 3.05) is 11.9 Å². The Bertz CT molecular complexity index is 886. The summed E-state index contributed by atoms with van der Waals surface area (Å²) in [5.74, 6) is -1.43. The van der Waals surface area contributed by atoms with Gasteiger partial charge in [0, 0.05) is 12.4 Å². The van der Waals surface area contributed by atoms with Crippen LogP contribution in [0.15, 0.2) is 54.5 Å². The molecule has 0 unspecified atom stereocenters. The number of aryl methyl sites for hydroxylation is 1. The van der Waals surface area contributed by atoms with Crippen LogP contribution in [0.4, 0.5) is 5.82 Å². The van der Waals surface area contributed by atoms with E-state index in [-0.39, 0.29) is 23.4 Å². The highest BCUT2D eigenvalue weighted by Gasteiger charge is 2.40. The quantitative estimate of drug-likeness (QED) is 0.506. The van der Waals surface area contributed by atoms with E-state index >= 15 is 0 Å². The van der Waals surface area contributed by atoms with Crippen LogP contribution < -0.4 is 5.32 Å². The predicted molar refractivity (Wildman–Crippen MR) is 94.3 cm³/mol. The number of fused-ring (bicyclic) bond motifs is 1. The fraction of sp³-hybridized carbons (Fsp3) is 0.158. The molecule has 0 fully saturated rings. The lowest BCUT2D eigenvalue weighted by Crippen LogP contribution is -2.34. The van der Waals surface area contributed by atoms with Crippen molar-refractivity contribution < 1.29 is 19.1 Å². The zero-order chi connectivity index (χ0) is 18.7. The third-order valence-corrected chi connectivity index (χ3v) is 3.79. The maximum absolute atomic E-state index is 12.6. The van der Waals surface area contributed by atoms with Gasteiger partial charge in [-0.1, -0.05) is 12.1 Å². The first-order valence-electron chi connectivity index (χ1n) is 8.07. The van der Waals surface area contributed by atoms with Crippen molar-refractivity contribution in [1.82, 2.24) is 9.88 Å². The summed E-state index contributed by atoms with van der Waals surface area (Å²) < 4.78 is 5.01. The number of carbonyl (C=O) groups is 3. The number of ether oxygens (including phenoxy) is 1. The van der Waals surface area contributed by atoms with Crippen molar-refractivity contribution in [3.63, 3.8) is 0 Å². The second-order valence-corrected chi connectivity index (χ2v) is 5.60. The molecule has 7 heteroatoms. The molecule has 26 heavy (non-hydrogen) atoms. The molecular weight excluding hydrogens is 334 g/mol. The topological polar surface area (TPSA) is 88.6 Å². The number of rotatable bonds is 5. The number of hydrogen-bond donors (Lipinski definition) is 1. The first kappa shape index (κ1) is 17.3. The van der Waals surface area contributed by atoms with Crippen LogP contribution in [-0.2, 0) is 9.53 Å². The van der Waals surface area contributed by atoms with Gasteiger partial charge >= 0.3 is 5.97 Å². The van der Waals surface area contributed by atoms with Gasteiger partial charge in [0.25, 0.3) is 11.8 Å². The summed E-state index contributed by atoms with van der Waals surface area (Å²) in [5.41, 5.74) is 1.28. The van der Waals surface area contributed by atoms with E-state index in [2.05, 4.69) is 10.3 Å². The molecule has 2 heterocycles. The first-order valence-corrected chi connectivity index (χ1v) is 8.07. The summed E-state index contributed by atoms with van der Waals surface area (Å²) in [7, 11) is 0. The summed E-state index contributed by atoms with van der Waals surface area (Å²) in [4.78, 5) is 42.6. The molecule has 3 rings (SSSR count). The number of imide groups is 1. The summed E-state index contributed by atoms with van der Waals surface area (Å²) in [6, 6.07) is 10.0. The molecule has 0 radical (unpaired) electrons. The molecule has 1 aromatic heterocycles. The van der Waals surface area contributed by atoms with Gasteiger partial charge < -0.3 is 10.1 Å². The predicted octanol–water partition coefficient (Wildman–Crippen LogP) is 2.50. The van der Waals surface area contributed by atoms with Gasteiger partial charge in [-0.3, -0.25) is 9.59 Å². The molecule has 0 saturated carbocycles. The lowest BCUT2D eigenvalue weighted by atomic mass is 10.1. The normalized spacial score (nSPS) is 13.6. The van der Waals surface area contributed by atoms with Gasteiger partial charge in [-0.2, -0.15) is 0 Å². The maximum atomic E-state index is 12.6. The summed E-state index contributed by atoms with van der Waals surface area (Å²) in [5, 5.41) is 2.85. The van der Waals surface area contributed by atoms with Crippen molar-refractivity contribution in [1.29, 1.82) is 0 Å². The van der Waals surface area contributed by atoms with Crippen LogP contribution in [0.25, 0.3) is 0 Å². The maximum Gasteiger partial charge on any atom is 0.357 e. The smallest absolute Gasteiger partial charge is 0.357 e. The van der Waals surface area contributed by atoms with Crippen LogP contribution in [-0.4, -0.2) is 34.3 Å². The number of aromatic nitrogens is 1. The Morgan fingerprint density at radius 2 is 1.85 bits per heavy atom. The Kier molecular flexibility index (Phi) is 4.79. The van der Waals surface area contributed by atoms with Crippen LogP contribution in [0.5, 0.6) is 0 Å². The van der Waals surface area contributed by atoms with E-state index in [0.717, 1.165) is 10.5 Å². The minimum Gasteiger partial charge on any atom is -0.461 e. The number of nitrogens with zero attached hydrogens (tertiary/aromatic N) is 2. The Morgan fingerprint density at radius 1 is 1.19 bits per heavy atom. The number of anilines is 1. The fourth-order valence-corrected chi connectivity index (χ4v) is 2.59. The largest absolute Gasteiger partial charge is 0.461 e. The molecule has 132 valence electrons. The molecule has 1 aliphatic heterocycles. The van der Waals surface area contributed by atoms with E-state index < -0.39 is 17.8 Å². The van der Waals surface area contributed by atoms with E-state index in [1.807, 2.05) is 13.0 Å². The van der Waals surface area contributed by atoms with Gasteiger partial charge in [0.1, 0.15) is 5.82 Å². The minimum absolute atomic E-state index is 0.113. The summed E-state index contributed by atoms with van der Waals surface area (Å²) in [6.07, 6.45) is 2.87. The van der Waals surface area contributed by atoms with Crippen molar-refractivity contribution in [2.45, 2.75) is 13.8 Å². The molecule has 0 aliphatic carbocycles. The second kappa shape index (κ2) is 7.18. The Hall–Kier alpha value is -3.48. The van der Waals surface area contributed by atoms with Crippen LogP contribution >= 0.6 is 0 Å². The van der Waals surface area contributed by atoms with Gasteiger partial charge in [-0.05, 0) is 43.7 Å². The molecule has 1 aliphatic rings. The average Bonchev–Trinajstić information content (AvgIpc) is 2.88. The lowest BCUT2D eigenvalue weighted by Gasteiger charge is -2.17. The molecule has 0 atom stereocenters. The van der Waals surface area contributed by atoms with Gasteiger partial charge in [0.15, 0.2) is 5.70 Å². The van der Waals surface area contributed by atoms with Crippen LogP contribution in [0.2, 0.25) is 0 Å². The van der Waals surface area contributed by atoms with Gasteiger partial charge in [0.2, 0.25) is 0 Å². The van der Waals surface area contributed by atoms with Crippen molar-refractivity contribution in [2.24, 2.45) is 0 Å². The molecule has 0 spiro atoms. The van der Waals surface area contributed by atoms with E-state index in [1.165, 1.54) is 6.20 Å². The van der Waals surface area contributed by atoms with Gasteiger partial charge in [-0.15, -0.1) is 0 Å². The van der Waals surface area contributed by atoms with Crippen LogP contribution in [0.3, 0.4) is 0 Å². The number of nitrogens with one attached hydrogen (secondary N) is 1. The highest BCUT2D eigenvalue weighted by Crippen LogP contribution is 2.26. The Balaban J connectivity index is 1.97. The molecule has 2 amide bonds. The van der Waals surface area contributed by atoms with Crippen molar-refractivity contribution >= 4 is 23.6 Å². The lowest BCUT2D eigenvalue weighted by molar-refractivity contribution is -0.139. The van der Waals surface area contributed by atoms with E-state index in [9.17, 15) is 14.4 Å². The zero-order valence-electron chi connectivity index (χ0n) is 14.4. The zero-order valence-corrected chi connectivity index (χ0v) is 14.4. The van der Waals surface area contributed by atoms with Gasteiger partial charge in [0.05, 0.1) is 17.7 Å². The standard InChI is InChI=1S/C19H17N3O4/c1-3-26-19(25)15(11-21-16-10-12(2)8-9-20-16)22-17(23)13-6-4-5-7-14(13)18(22)24/h4-11H,3H2,1-2H3,(H,20,21). The molecule has 0 bridgehead atoms. The number of hydrogen-bond acceptors (Lipinski definition) is 6. The van der Waals surface area contributed by atoms with Crippen LogP contribution in [0, 0.1) is 6.92 Å². The monoisotopic (exact) mass is 351 g/mol. The molecule has 2 aromatic rings. The minimum atomic E-state index is -0.776.